The molecule has 0 spiro atoms. The smallest absolute Gasteiger partial charge is 0.106 e. The van der Waals surface area contributed by atoms with Crippen LogP contribution in [-0.2, 0) is 0 Å². The molecule has 0 bridgehead atoms. The van der Waals surface area contributed by atoms with Crippen molar-refractivity contribution in [3.8, 4) is 0 Å². The Kier molecular flexibility index (Phi) is 3.88. The molecule has 3 heteroatoms. The number of rotatable bonds is 3. The molecule has 0 amide bonds. The molecule has 72 valence electrons. The molecule has 1 atom stereocenters. The van der Waals surface area contributed by atoms with Crippen LogP contribution in [-0.4, -0.2) is 4.98 Å². The summed E-state index contributed by atoms with van der Waals surface area (Å²) in [5, 5.41) is 0. The van der Waals surface area contributed by atoms with E-state index in [1.807, 2.05) is 18.3 Å². The molecule has 0 aliphatic heterocycles. The maximum absolute atomic E-state index is 5.99. The predicted octanol–water partition coefficient (Wildman–Crippen LogP) is 2.89. The van der Waals surface area contributed by atoms with Crippen LogP contribution in [0.15, 0.2) is 22.9 Å². The second-order valence-corrected chi connectivity index (χ2v) is 4.46. The van der Waals surface area contributed by atoms with Crippen LogP contribution < -0.4 is 5.73 Å². The molecule has 2 N–H and O–H groups in total. The van der Waals surface area contributed by atoms with Crippen molar-refractivity contribution in [3.63, 3.8) is 0 Å². The Balaban J connectivity index is 2.66. The van der Waals surface area contributed by atoms with Crippen LogP contribution in [0.25, 0.3) is 0 Å². The van der Waals surface area contributed by atoms with Gasteiger partial charge in [0.05, 0.1) is 0 Å². The van der Waals surface area contributed by atoms with Crippen molar-refractivity contribution in [2.45, 2.75) is 26.3 Å². The highest BCUT2D eigenvalue weighted by Gasteiger charge is 2.07. The maximum Gasteiger partial charge on any atom is 0.106 e. The molecular weight excluding hydrogens is 228 g/mol. The first-order valence-corrected chi connectivity index (χ1v) is 5.26. The number of pyridine rings is 1. The van der Waals surface area contributed by atoms with Crippen molar-refractivity contribution in [1.82, 2.24) is 4.98 Å². The van der Waals surface area contributed by atoms with Gasteiger partial charge in [0, 0.05) is 12.2 Å². The van der Waals surface area contributed by atoms with Gasteiger partial charge in [-0.25, -0.2) is 4.98 Å². The summed E-state index contributed by atoms with van der Waals surface area (Å²) in [6, 6.07) is 4.06. The van der Waals surface area contributed by atoms with Gasteiger partial charge in [0.2, 0.25) is 0 Å². The third kappa shape index (κ3) is 3.44. The minimum atomic E-state index is 0.112. The van der Waals surface area contributed by atoms with E-state index in [2.05, 4.69) is 34.8 Å². The summed E-state index contributed by atoms with van der Waals surface area (Å²) < 4.78 is 0.855. The number of nitrogens with zero attached hydrogens (tertiary/aromatic N) is 1. The SMILES string of the molecule is CC(C)C[C@H](N)c1ccc(Br)nc1. The zero-order valence-corrected chi connectivity index (χ0v) is 9.58. The molecule has 0 aliphatic rings. The van der Waals surface area contributed by atoms with Crippen molar-refractivity contribution in [3.05, 3.63) is 28.5 Å². The lowest BCUT2D eigenvalue weighted by Crippen LogP contribution is -2.12. The second-order valence-electron chi connectivity index (χ2n) is 3.65. The molecule has 2 nitrogen and oxygen atoms in total. The highest BCUT2D eigenvalue weighted by molar-refractivity contribution is 9.10. The van der Waals surface area contributed by atoms with Crippen LogP contribution in [0.2, 0.25) is 0 Å². The lowest BCUT2D eigenvalue weighted by Gasteiger charge is -2.13. The van der Waals surface area contributed by atoms with E-state index in [0.29, 0.717) is 5.92 Å². The summed E-state index contributed by atoms with van der Waals surface area (Å²) in [5.41, 5.74) is 7.10. The van der Waals surface area contributed by atoms with Gasteiger partial charge in [-0.1, -0.05) is 19.9 Å². The number of aromatic nitrogens is 1. The van der Waals surface area contributed by atoms with E-state index < -0.39 is 0 Å². The maximum atomic E-state index is 5.99. The van der Waals surface area contributed by atoms with Gasteiger partial charge in [0.25, 0.3) is 0 Å². The van der Waals surface area contributed by atoms with E-state index in [9.17, 15) is 0 Å². The van der Waals surface area contributed by atoms with Crippen molar-refractivity contribution in [2.24, 2.45) is 11.7 Å². The second kappa shape index (κ2) is 4.72. The number of nitrogens with two attached hydrogens (primary N) is 1. The van der Waals surface area contributed by atoms with E-state index in [-0.39, 0.29) is 6.04 Å². The Hall–Kier alpha value is -0.410. The van der Waals surface area contributed by atoms with Gasteiger partial charge >= 0.3 is 0 Å². The van der Waals surface area contributed by atoms with Gasteiger partial charge in [0.15, 0.2) is 0 Å². The van der Waals surface area contributed by atoms with Gasteiger partial charge in [-0.3, -0.25) is 0 Å². The first-order valence-electron chi connectivity index (χ1n) is 4.46. The van der Waals surface area contributed by atoms with Crippen LogP contribution in [0.1, 0.15) is 31.9 Å². The van der Waals surface area contributed by atoms with Crippen LogP contribution in [0.5, 0.6) is 0 Å². The van der Waals surface area contributed by atoms with E-state index in [4.69, 9.17) is 5.73 Å². The molecule has 0 saturated carbocycles. The average molecular weight is 243 g/mol. The number of hydrogen-bond donors (Lipinski definition) is 1. The fraction of sp³-hybridized carbons (Fsp3) is 0.500. The minimum Gasteiger partial charge on any atom is -0.324 e. The summed E-state index contributed by atoms with van der Waals surface area (Å²) in [5.74, 6) is 0.624. The predicted molar refractivity (Wildman–Crippen MR) is 58.3 cm³/mol. The van der Waals surface area contributed by atoms with Crippen LogP contribution in [0, 0.1) is 5.92 Å². The van der Waals surface area contributed by atoms with E-state index >= 15 is 0 Å². The van der Waals surface area contributed by atoms with Crippen LogP contribution in [0.3, 0.4) is 0 Å². The number of halogens is 1. The Morgan fingerprint density at radius 3 is 2.62 bits per heavy atom. The Morgan fingerprint density at radius 1 is 1.46 bits per heavy atom. The topological polar surface area (TPSA) is 38.9 Å². The quantitative estimate of drug-likeness (QED) is 0.829. The molecule has 0 aliphatic carbocycles. The first kappa shape index (κ1) is 10.7. The third-order valence-electron chi connectivity index (χ3n) is 1.90. The fourth-order valence-electron chi connectivity index (χ4n) is 1.25. The molecule has 1 heterocycles. The van der Waals surface area contributed by atoms with Crippen molar-refractivity contribution < 1.29 is 0 Å². The lowest BCUT2D eigenvalue weighted by molar-refractivity contribution is 0.509. The van der Waals surface area contributed by atoms with E-state index in [1.165, 1.54) is 0 Å². The molecule has 1 rings (SSSR count). The van der Waals surface area contributed by atoms with Crippen LogP contribution in [0.4, 0.5) is 0 Å². The molecule has 0 unspecified atom stereocenters. The summed E-state index contributed by atoms with van der Waals surface area (Å²) in [6.45, 7) is 4.35. The zero-order chi connectivity index (χ0) is 9.84. The summed E-state index contributed by atoms with van der Waals surface area (Å²) in [7, 11) is 0. The summed E-state index contributed by atoms with van der Waals surface area (Å²) in [4.78, 5) is 4.14. The van der Waals surface area contributed by atoms with Crippen molar-refractivity contribution in [1.29, 1.82) is 0 Å². The number of hydrogen-bond acceptors (Lipinski definition) is 2. The normalized spacial score (nSPS) is 13.3. The molecule has 1 aromatic rings. The van der Waals surface area contributed by atoms with Gasteiger partial charge < -0.3 is 5.73 Å². The Morgan fingerprint density at radius 2 is 2.15 bits per heavy atom. The Labute approximate surface area is 87.7 Å². The highest BCUT2D eigenvalue weighted by atomic mass is 79.9. The van der Waals surface area contributed by atoms with Gasteiger partial charge in [0.1, 0.15) is 4.60 Å². The van der Waals surface area contributed by atoms with Gasteiger partial charge in [-0.15, -0.1) is 0 Å². The van der Waals surface area contributed by atoms with Gasteiger partial charge in [-0.05, 0) is 39.9 Å². The van der Waals surface area contributed by atoms with Gasteiger partial charge in [-0.2, -0.15) is 0 Å². The van der Waals surface area contributed by atoms with E-state index in [1.54, 1.807) is 0 Å². The lowest BCUT2D eigenvalue weighted by atomic mass is 9.99. The summed E-state index contributed by atoms with van der Waals surface area (Å²) >= 11 is 3.29. The third-order valence-corrected chi connectivity index (χ3v) is 2.37. The molecule has 0 aromatic carbocycles. The minimum absolute atomic E-state index is 0.112. The molecule has 0 saturated heterocycles. The summed E-state index contributed by atoms with van der Waals surface area (Å²) in [6.07, 6.45) is 2.83. The fourth-order valence-corrected chi connectivity index (χ4v) is 1.49. The monoisotopic (exact) mass is 242 g/mol. The molecule has 0 radical (unpaired) electrons. The average Bonchev–Trinajstić information content (AvgIpc) is 2.04. The first-order chi connectivity index (χ1) is 6.09. The molecule has 13 heavy (non-hydrogen) atoms. The van der Waals surface area contributed by atoms with E-state index in [0.717, 1.165) is 16.6 Å². The van der Waals surface area contributed by atoms with Crippen molar-refractivity contribution in [2.75, 3.05) is 0 Å². The van der Waals surface area contributed by atoms with Crippen molar-refractivity contribution >= 4 is 15.9 Å². The zero-order valence-electron chi connectivity index (χ0n) is 8.00. The standard InChI is InChI=1S/C10H15BrN2/c1-7(2)5-9(12)8-3-4-10(11)13-6-8/h3-4,6-7,9H,5,12H2,1-2H3/t9-/m0/s1. The largest absolute Gasteiger partial charge is 0.324 e. The highest BCUT2D eigenvalue weighted by Crippen LogP contribution is 2.18. The van der Waals surface area contributed by atoms with Crippen LogP contribution >= 0.6 is 15.9 Å². The molecule has 0 fully saturated rings. The molecule has 1 aromatic heterocycles. The molecular formula is C10H15BrN2. The Bertz CT molecular complexity index is 256.